The van der Waals surface area contributed by atoms with Gasteiger partial charge in [0.2, 0.25) is 11.2 Å². The first-order chi connectivity index (χ1) is 13.9. The number of halogens is 3. The summed E-state index contributed by atoms with van der Waals surface area (Å²) in [4.78, 5) is 13.2. The molecule has 0 radical (unpaired) electrons. The van der Waals surface area contributed by atoms with Crippen molar-refractivity contribution in [3.8, 4) is 17.1 Å². The average molecular weight is 446 g/mol. The van der Waals surface area contributed by atoms with E-state index in [-0.39, 0.29) is 17.8 Å². The number of ether oxygens (including phenoxy) is 1. The summed E-state index contributed by atoms with van der Waals surface area (Å²) < 4.78 is 12.0. The number of fused-ring (bicyclic) bond motifs is 1. The van der Waals surface area contributed by atoms with Gasteiger partial charge in [0.1, 0.15) is 12.2 Å². The predicted octanol–water partition coefficient (Wildman–Crippen LogP) is 7.31. The Hall–Kier alpha value is -2.46. The van der Waals surface area contributed by atoms with Gasteiger partial charge in [-0.25, -0.2) is 0 Å². The van der Waals surface area contributed by atoms with Gasteiger partial charge in [0, 0.05) is 26.2 Å². The van der Waals surface area contributed by atoms with Crippen LogP contribution in [0.15, 0.2) is 69.9 Å². The minimum absolute atomic E-state index is 0.0890. The predicted molar refractivity (Wildman–Crippen MR) is 118 cm³/mol. The van der Waals surface area contributed by atoms with E-state index < -0.39 is 0 Å². The van der Waals surface area contributed by atoms with Gasteiger partial charge in [-0.1, -0.05) is 70.7 Å². The molecule has 0 unspecified atom stereocenters. The van der Waals surface area contributed by atoms with Crippen LogP contribution in [0.2, 0.25) is 15.1 Å². The maximum absolute atomic E-state index is 13.2. The summed E-state index contributed by atoms with van der Waals surface area (Å²) in [6, 6.07) is 17.7. The number of benzene rings is 3. The molecule has 6 heteroatoms. The molecule has 4 aromatic rings. The Kier molecular flexibility index (Phi) is 5.55. The molecule has 0 atom stereocenters. The summed E-state index contributed by atoms with van der Waals surface area (Å²) in [5, 5.41) is 1.78. The van der Waals surface area contributed by atoms with E-state index >= 15 is 0 Å². The van der Waals surface area contributed by atoms with Crippen molar-refractivity contribution in [3.05, 3.63) is 97.1 Å². The topological polar surface area (TPSA) is 39.4 Å². The molecule has 0 saturated carbocycles. The zero-order valence-corrected chi connectivity index (χ0v) is 17.6. The molecule has 1 heterocycles. The van der Waals surface area contributed by atoms with Gasteiger partial charge in [-0.05, 0) is 37.3 Å². The van der Waals surface area contributed by atoms with Crippen LogP contribution >= 0.6 is 34.8 Å². The molecule has 0 saturated heterocycles. The molecule has 4 rings (SSSR count). The fourth-order valence-corrected chi connectivity index (χ4v) is 3.60. The SMILES string of the molecule is Cc1ccc(-c2oc3ccc(Cl)cc3c(=O)c2OCc2ccc(Cl)cc2Cl)cc1. The van der Waals surface area contributed by atoms with Crippen molar-refractivity contribution >= 4 is 45.8 Å². The molecule has 0 aliphatic carbocycles. The molecule has 0 aliphatic heterocycles. The van der Waals surface area contributed by atoms with E-state index in [4.69, 9.17) is 44.0 Å². The molecule has 0 amide bonds. The first-order valence-electron chi connectivity index (χ1n) is 8.82. The molecular weight excluding hydrogens is 431 g/mol. The Bertz CT molecular complexity index is 1260. The van der Waals surface area contributed by atoms with Gasteiger partial charge < -0.3 is 9.15 Å². The third-order valence-electron chi connectivity index (χ3n) is 4.51. The van der Waals surface area contributed by atoms with E-state index in [0.717, 1.165) is 11.1 Å². The molecule has 0 fully saturated rings. The zero-order chi connectivity index (χ0) is 20.5. The Morgan fingerprint density at radius 3 is 2.31 bits per heavy atom. The Morgan fingerprint density at radius 2 is 1.59 bits per heavy atom. The van der Waals surface area contributed by atoms with Crippen LogP contribution in [0.3, 0.4) is 0 Å². The van der Waals surface area contributed by atoms with E-state index in [1.54, 1.807) is 36.4 Å². The van der Waals surface area contributed by atoms with Crippen LogP contribution in [0.25, 0.3) is 22.3 Å². The summed E-state index contributed by atoms with van der Waals surface area (Å²) in [6.07, 6.45) is 0. The monoisotopic (exact) mass is 444 g/mol. The molecule has 3 aromatic carbocycles. The maximum atomic E-state index is 13.2. The Balaban J connectivity index is 1.85. The van der Waals surface area contributed by atoms with E-state index in [2.05, 4.69) is 0 Å². The van der Waals surface area contributed by atoms with E-state index in [0.29, 0.717) is 37.4 Å². The van der Waals surface area contributed by atoms with Gasteiger partial charge in [0.15, 0.2) is 5.76 Å². The molecular formula is C23H15Cl3O3. The molecule has 146 valence electrons. The zero-order valence-electron chi connectivity index (χ0n) is 15.3. The molecule has 0 spiro atoms. The Labute approximate surface area is 182 Å². The van der Waals surface area contributed by atoms with Crippen molar-refractivity contribution < 1.29 is 9.15 Å². The van der Waals surface area contributed by atoms with E-state index in [1.165, 1.54) is 0 Å². The van der Waals surface area contributed by atoms with Crippen LogP contribution in [0.5, 0.6) is 5.75 Å². The molecule has 0 N–H and O–H groups in total. The lowest BCUT2D eigenvalue weighted by Crippen LogP contribution is -2.10. The van der Waals surface area contributed by atoms with Gasteiger partial charge in [-0.2, -0.15) is 0 Å². The number of aryl methyl sites for hydroxylation is 1. The maximum Gasteiger partial charge on any atom is 0.235 e. The van der Waals surface area contributed by atoms with E-state index in [9.17, 15) is 4.79 Å². The normalized spacial score (nSPS) is 11.0. The fourth-order valence-electron chi connectivity index (χ4n) is 2.97. The highest BCUT2D eigenvalue weighted by atomic mass is 35.5. The first kappa shape index (κ1) is 19.8. The molecule has 0 aliphatic rings. The highest BCUT2D eigenvalue weighted by Crippen LogP contribution is 2.33. The fraction of sp³-hybridized carbons (Fsp3) is 0.0870. The lowest BCUT2D eigenvalue weighted by Gasteiger charge is -2.13. The van der Waals surface area contributed by atoms with Crippen molar-refractivity contribution in [2.24, 2.45) is 0 Å². The van der Waals surface area contributed by atoms with Crippen LogP contribution in [0.1, 0.15) is 11.1 Å². The Morgan fingerprint density at radius 1 is 0.897 bits per heavy atom. The second-order valence-electron chi connectivity index (χ2n) is 6.62. The summed E-state index contributed by atoms with van der Waals surface area (Å²) in [6.45, 7) is 2.08. The number of hydrogen-bond donors (Lipinski definition) is 0. The van der Waals surface area contributed by atoms with Crippen molar-refractivity contribution in [3.63, 3.8) is 0 Å². The van der Waals surface area contributed by atoms with Crippen LogP contribution in [-0.4, -0.2) is 0 Å². The van der Waals surface area contributed by atoms with Gasteiger partial charge in [-0.3, -0.25) is 4.79 Å². The van der Waals surface area contributed by atoms with Crippen molar-refractivity contribution in [2.75, 3.05) is 0 Å². The van der Waals surface area contributed by atoms with Gasteiger partial charge >= 0.3 is 0 Å². The quantitative estimate of drug-likeness (QED) is 0.330. The van der Waals surface area contributed by atoms with E-state index in [1.807, 2.05) is 31.2 Å². The minimum Gasteiger partial charge on any atom is -0.481 e. The second-order valence-corrected chi connectivity index (χ2v) is 7.90. The minimum atomic E-state index is -0.297. The van der Waals surface area contributed by atoms with Crippen LogP contribution in [0, 0.1) is 6.92 Å². The van der Waals surface area contributed by atoms with Crippen molar-refractivity contribution in [1.82, 2.24) is 0 Å². The molecule has 3 nitrogen and oxygen atoms in total. The van der Waals surface area contributed by atoms with Crippen LogP contribution < -0.4 is 10.2 Å². The molecule has 29 heavy (non-hydrogen) atoms. The van der Waals surface area contributed by atoms with Crippen molar-refractivity contribution in [2.45, 2.75) is 13.5 Å². The van der Waals surface area contributed by atoms with Gasteiger partial charge in [-0.15, -0.1) is 0 Å². The largest absolute Gasteiger partial charge is 0.481 e. The number of hydrogen-bond acceptors (Lipinski definition) is 3. The van der Waals surface area contributed by atoms with Gasteiger partial charge in [0.05, 0.1) is 5.39 Å². The standard InChI is InChI=1S/C23H15Cl3O3/c1-13-2-4-14(5-3-13)22-23(28-12-15-6-7-17(25)11-19(15)26)21(27)18-10-16(24)8-9-20(18)29-22/h2-11H,12H2,1H3. The van der Waals surface area contributed by atoms with Gasteiger partial charge in [0.25, 0.3) is 0 Å². The highest BCUT2D eigenvalue weighted by molar-refractivity contribution is 6.35. The first-order valence-corrected chi connectivity index (χ1v) is 9.96. The second kappa shape index (κ2) is 8.11. The third-order valence-corrected chi connectivity index (χ3v) is 5.33. The summed E-state index contributed by atoms with van der Waals surface area (Å²) in [5.41, 5.74) is 2.68. The molecule has 0 bridgehead atoms. The molecule has 1 aromatic heterocycles. The van der Waals surface area contributed by atoms with Crippen LogP contribution in [0.4, 0.5) is 0 Å². The highest BCUT2D eigenvalue weighted by Gasteiger charge is 2.18. The summed E-state index contributed by atoms with van der Waals surface area (Å²) in [7, 11) is 0. The van der Waals surface area contributed by atoms with Crippen molar-refractivity contribution in [1.29, 1.82) is 0 Å². The van der Waals surface area contributed by atoms with Crippen LogP contribution in [-0.2, 0) is 6.61 Å². The number of rotatable bonds is 4. The summed E-state index contributed by atoms with van der Waals surface area (Å²) in [5.74, 6) is 0.463. The lowest BCUT2D eigenvalue weighted by molar-refractivity contribution is 0.298. The summed E-state index contributed by atoms with van der Waals surface area (Å²) >= 11 is 18.3. The third kappa shape index (κ3) is 4.13. The average Bonchev–Trinajstić information content (AvgIpc) is 2.69. The smallest absolute Gasteiger partial charge is 0.235 e. The lowest BCUT2D eigenvalue weighted by atomic mass is 10.1.